The quantitative estimate of drug-likeness (QED) is 0.766. The average Bonchev–Trinajstić information content (AvgIpc) is 2.45. The lowest BCUT2D eigenvalue weighted by Crippen LogP contribution is -2.53. The van der Waals surface area contributed by atoms with Crippen LogP contribution in [0.25, 0.3) is 0 Å². The van der Waals surface area contributed by atoms with Crippen molar-refractivity contribution in [1.82, 2.24) is 9.80 Å². The van der Waals surface area contributed by atoms with Gasteiger partial charge in [-0.3, -0.25) is 0 Å². The van der Waals surface area contributed by atoms with Gasteiger partial charge in [0.15, 0.2) is 0 Å². The second-order valence-electron chi connectivity index (χ2n) is 5.52. The predicted molar refractivity (Wildman–Crippen MR) is 72.4 cm³/mol. The Morgan fingerprint density at radius 3 is 2.45 bits per heavy atom. The first kappa shape index (κ1) is 15.1. The number of carboxylic acids is 1. The van der Waals surface area contributed by atoms with Gasteiger partial charge < -0.3 is 25.4 Å². The molecule has 0 aromatic carbocycles. The van der Waals surface area contributed by atoms with Crippen molar-refractivity contribution in [2.75, 3.05) is 32.8 Å². The molecule has 0 aromatic heterocycles. The van der Waals surface area contributed by atoms with Crippen LogP contribution in [0.3, 0.4) is 0 Å². The Balaban J connectivity index is 1.75. The Labute approximate surface area is 118 Å². The molecular weight excluding hydrogens is 262 g/mol. The van der Waals surface area contributed by atoms with Crippen molar-refractivity contribution >= 4 is 12.0 Å². The number of aliphatic carboxylic acids is 1. The van der Waals surface area contributed by atoms with Crippen LogP contribution in [0.5, 0.6) is 0 Å². The summed E-state index contributed by atoms with van der Waals surface area (Å²) in [4.78, 5) is 26.4. The van der Waals surface area contributed by atoms with Crippen LogP contribution in [0.1, 0.15) is 25.7 Å². The van der Waals surface area contributed by atoms with Crippen molar-refractivity contribution < 1.29 is 19.4 Å². The molecule has 0 aliphatic carbocycles. The molecule has 7 nitrogen and oxygen atoms in total. The Morgan fingerprint density at radius 1 is 1.15 bits per heavy atom. The topological polar surface area (TPSA) is 96.1 Å². The summed E-state index contributed by atoms with van der Waals surface area (Å²) in [6.45, 7) is 2.39. The van der Waals surface area contributed by atoms with E-state index in [1.54, 1.807) is 0 Å². The molecule has 2 amide bonds. The number of likely N-dealkylation sites (tertiary alicyclic amines) is 2. The highest BCUT2D eigenvalue weighted by molar-refractivity contribution is 5.74. The minimum absolute atomic E-state index is 0.0526. The van der Waals surface area contributed by atoms with Crippen molar-refractivity contribution in [3.05, 3.63) is 0 Å². The van der Waals surface area contributed by atoms with Crippen LogP contribution in [0.4, 0.5) is 4.79 Å². The second-order valence-corrected chi connectivity index (χ2v) is 5.52. The zero-order valence-corrected chi connectivity index (χ0v) is 11.7. The molecule has 3 N–H and O–H groups in total. The Bertz CT molecular complexity index is 356. The van der Waals surface area contributed by atoms with E-state index in [4.69, 9.17) is 15.6 Å². The molecule has 20 heavy (non-hydrogen) atoms. The van der Waals surface area contributed by atoms with Gasteiger partial charge >= 0.3 is 12.0 Å². The van der Waals surface area contributed by atoms with Gasteiger partial charge in [-0.25, -0.2) is 9.59 Å². The number of hydrogen-bond acceptors (Lipinski definition) is 4. The molecule has 1 atom stereocenters. The number of nitrogens with zero attached hydrogens (tertiary/aromatic N) is 2. The number of carbonyl (C=O) groups excluding carboxylic acids is 1. The summed E-state index contributed by atoms with van der Waals surface area (Å²) in [6.07, 6.45) is 3.27. The van der Waals surface area contributed by atoms with E-state index in [9.17, 15) is 9.59 Å². The maximum absolute atomic E-state index is 12.3. The Kier molecular flexibility index (Phi) is 5.19. The molecule has 2 aliphatic rings. The van der Waals surface area contributed by atoms with Crippen molar-refractivity contribution in [2.45, 2.75) is 37.8 Å². The lowest BCUT2D eigenvalue weighted by molar-refractivity contribution is -0.145. The minimum atomic E-state index is -0.953. The summed E-state index contributed by atoms with van der Waals surface area (Å²) in [7, 11) is 0. The molecule has 2 saturated heterocycles. The van der Waals surface area contributed by atoms with E-state index in [1.165, 1.54) is 0 Å². The number of urea groups is 1. The van der Waals surface area contributed by atoms with Crippen LogP contribution in [0.2, 0.25) is 0 Å². The van der Waals surface area contributed by atoms with Crippen LogP contribution in [-0.4, -0.2) is 71.8 Å². The fourth-order valence-corrected chi connectivity index (χ4v) is 2.79. The highest BCUT2D eigenvalue weighted by atomic mass is 16.5. The molecule has 114 valence electrons. The van der Waals surface area contributed by atoms with Crippen molar-refractivity contribution in [1.29, 1.82) is 0 Å². The molecule has 2 fully saturated rings. The first-order valence-electron chi connectivity index (χ1n) is 7.19. The van der Waals surface area contributed by atoms with Gasteiger partial charge in [0, 0.05) is 32.2 Å². The summed E-state index contributed by atoms with van der Waals surface area (Å²) in [5.74, 6) is -0.953. The molecule has 1 unspecified atom stereocenters. The fraction of sp³-hybridized carbons (Fsp3) is 0.846. The predicted octanol–water partition coefficient (Wildman–Crippen LogP) is 0.0951. The molecule has 2 rings (SSSR count). The SMILES string of the molecule is NC1CCCN(C(=O)N2CCC(OCC(=O)O)CC2)C1. The number of carbonyl (C=O) groups is 2. The number of hydrogen-bond donors (Lipinski definition) is 2. The summed E-state index contributed by atoms with van der Waals surface area (Å²) >= 11 is 0. The average molecular weight is 285 g/mol. The smallest absolute Gasteiger partial charge is 0.329 e. The van der Waals surface area contributed by atoms with E-state index in [2.05, 4.69) is 0 Å². The molecule has 0 spiro atoms. The van der Waals surface area contributed by atoms with E-state index < -0.39 is 5.97 Å². The van der Waals surface area contributed by atoms with E-state index in [-0.39, 0.29) is 24.8 Å². The molecule has 7 heteroatoms. The van der Waals surface area contributed by atoms with Gasteiger partial charge in [0.1, 0.15) is 6.61 Å². The van der Waals surface area contributed by atoms with Gasteiger partial charge in [0.25, 0.3) is 0 Å². The number of ether oxygens (including phenoxy) is 1. The lowest BCUT2D eigenvalue weighted by atomic mass is 10.1. The maximum atomic E-state index is 12.3. The number of rotatable bonds is 3. The zero-order valence-electron chi connectivity index (χ0n) is 11.7. The summed E-state index contributed by atoms with van der Waals surface area (Å²) in [5.41, 5.74) is 5.89. The third kappa shape index (κ3) is 4.08. The van der Waals surface area contributed by atoms with Gasteiger partial charge in [-0.05, 0) is 25.7 Å². The third-order valence-electron chi connectivity index (χ3n) is 3.88. The maximum Gasteiger partial charge on any atom is 0.329 e. The van der Waals surface area contributed by atoms with E-state index >= 15 is 0 Å². The van der Waals surface area contributed by atoms with Gasteiger partial charge in [-0.15, -0.1) is 0 Å². The molecule has 0 bridgehead atoms. The summed E-state index contributed by atoms with van der Waals surface area (Å²) in [5, 5.41) is 8.57. The molecule has 2 heterocycles. The van der Waals surface area contributed by atoms with Crippen LogP contribution < -0.4 is 5.73 Å². The van der Waals surface area contributed by atoms with Gasteiger partial charge in [0.05, 0.1) is 6.10 Å². The van der Waals surface area contributed by atoms with Crippen molar-refractivity contribution in [3.63, 3.8) is 0 Å². The van der Waals surface area contributed by atoms with Gasteiger partial charge in [0.2, 0.25) is 0 Å². The molecule has 0 radical (unpaired) electrons. The van der Waals surface area contributed by atoms with Crippen LogP contribution in [0, 0.1) is 0 Å². The third-order valence-corrected chi connectivity index (χ3v) is 3.88. The number of carboxylic acid groups (broad SMARTS) is 1. The number of piperidine rings is 2. The Hall–Kier alpha value is -1.34. The van der Waals surface area contributed by atoms with Crippen molar-refractivity contribution in [3.8, 4) is 0 Å². The second kappa shape index (κ2) is 6.90. The summed E-state index contributed by atoms with van der Waals surface area (Å²) in [6, 6.07) is 0.140. The van der Waals surface area contributed by atoms with Gasteiger partial charge in [-0.2, -0.15) is 0 Å². The number of nitrogens with two attached hydrogens (primary N) is 1. The Morgan fingerprint density at radius 2 is 1.85 bits per heavy atom. The van der Waals surface area contributed by atoms with E-state index in [1.807, 2.05) is 9.80 Å². The van der Waals surface area contributed by atoms with E-state index in [0.717, 1.165) is 19.4 Å². The normalized spacial score (nSPS) is 24.8. The van der Waals surface area contributed by atoms with Crippen molar-refractivity contribution in [2.24, 2.45) is 5.73 Å². The first-order chi connectivity index (χ1) is 9.56. The van der Waals surface area contributed by atoms with Crippen LogP contribution in [0.15, 0.2) is 0 Å². The van der Waals surface area contributed by atoms with Gasteiger partial charge in [-0.1, -0.05) is 0 Å². The highest BCUT2D eigenvalue weighted by Crippen LogP contribution is 2.17. The highest BCUT2D eigenvalue weighted by Gasteiger charge is 2.29. The minimum Gasteiger partial charge on any atom is -0.480 e. The monoisotopic (exact) mass is 285 g/mol. The summed E-state index contributed by atoms with van der Waals surface area (Å²) < 4.78 is 5.26. The fourth-order valence-electron chi connectivity index (χ4n) is 2.79. The van der Waals surface area contributed by atoms with E-state index in [0.29, 0.717) is 32.5 Å². The van der Waals surface area contributed by atoms with Crippen LogP contribution in [-0.2, 0) is 9.53 Å². The standard InChI is InChI=1S/C13H23N3O4/c14-10-2-1-5-16(8-10)13(19)15-6-3-11(4-7-15)20-9-12(17)18/h10-11H,1-9,14H2,(H,17,18). The molecular formula is C13H23N3O4. The zero-order chi connectivity index (χ0) is 14.5. The largest absolute Gasteiger partial charge is 0.480 e. The molecule has 2 aliphatic heterocycles. The first-order valence-corrected chi connectivity index (χ1v) is 7.19. The molecule has 0 aromatic rings. The molecule has 0 saturated carbocycles. The lowest BCUT2D eigenvalue weighted by Gasteiger charge is -2.38. The number of amides is 2. The van der Waals surface area contributed by atoms with Crippen LogP contribution >= 0.6 is 0 Å².